The van der Waals surface area contributed by atoms with Gasteiger partial charge in [0.2, 0.25) is 0 Å². The molecule has 1 aliphatic rings. The molecule has 0 radical (unpaired) electrons. The third-order valence-corrected chi connectivity index (χ3v) is 4.83. The SMILES string of the molecule is COc1cc(C(=O)N2CCc3ccccc32)ccc1OCc1cccc(F)c1. The van der Waals surface area contributed by atoms with Crippen molar-refractivity contribution in [3.8, 4) is 11.5 Å². The van der Waals surface area contributed by atoms with Crippen molar-refractivity contribution in [3.05, 3.63) is 89.2 Å². The minimum atomic E-state index is -0.306. The van der Waals surface area contributed by atoms with Crippen LogP contribution in [0.1, 0.15) is 21.5 Å². The number of para-hydroxylation sites is 1. The molecule has 0 aromatic heterocycles. The first-order valence-corrected chi connectivity index (χ1v) is 9.11. The number of nitrogens with zero attached hydrogens (tertiary/aromatic N) is 1. The van der Waals surface area contributed by atoms with Crippen LogP contribution in [0.5, 0.6) is 11.5 Å². The lowest BCUT2D eigenvalue weighted by Crippen LogP contribution is -2.28. The Morgan fingerprint density at radius 2 is 1.89 bits per heavy atom. The van der Waals surface area contributed by atoms with E-state index in [1.807, 2.05) is 24.3 Å². The van der Waals surface area contributed by atoms with Gasteiger partial charge in [-0.1, -0.05) is 30.3 Å². The average Bonchev–Trinajstić information content (AvgIpc) is 3.16. The van der Waals surface area contributed by atoms with Crippen LogP contribution >= 0.6 is 0 Å². The van der Waals surface area contributed by atoms with Gasteiger partial charge in [-0.2, -0.15) is 0 Å². The quantitative estimate of drug-likeness (QED) is 0.651. The van der Waals surface area contributed by atoms with Gasteiger partial charge in [0, 0.05) is 17.8 Å². The average molecular weight is 377 g/mol. The molecule has 1 amide bonds. The molecule has 0 saturated carbocycles. The second-order valence-electron chi connectivity index (χ2n) is 6.62. The van der Waals surface area contributed by atoms with Gasteiger partial charge in [-0.25, -0.2) is 4.39 Å². The van der Waals surface area contributed by atoms with Gasteiger partial charge in [-0.15, -0.1) is 0 Å². The third kappa shape index (κ3) is 3.56. The second-order valence-corrected chi connectivity index (χ2v) is 6.62. The highest BCUT2D eigenvalue weighted by atomic mass is 19.1. The van der Waals surface area contributed by atoms with Crippen molar-refractivity contribution >= 4 is 11.6 Å². The zero-order valence-corrected chi connectivity index (χ0v) is 15.5. The fourth-order valence-corrected chi connectivity index (χ4v) is 3.41. The number of carbonyl (C=O) groups is 1. The summed E-state index contributed by atoms with van der Waals surface area (Å²) >= 11 is 0. The molecule has 0 atom stereocenters. The Balaban J connectivity index is 1.53. The van der Waals surface area contributed by atoms with E-state index in [9.17, 15) is 9.18 Å². The van der Waals surface area contributed by atoms with Crippen LogP contribution in [0.15, 0.2) is 66.7 Å². The number of benzene rings is 3. The molecule has 0 bridgehead atoms. The molecule has 0 fully saturated rings. The third-order valence-electron chi connectivity index (χ3n) is 4.83. The number of methoxy groups -OCH3 is 1. The fourth-order valence-electron chi connectivity index (χ4n) is 3.41. The van der Waals surface area contributed by atoms with E-state index in [-0.39, 0.29) is 18.3 Å². The maximum absolute atomic E-state index is 13.3. The molecule has 0 aliphatic carbocycles. The lowest BCUT2D eigenvalue weighted by Gasteiger charge is -2.18. The van der Waals surface area contributed by atoms with Crippen LogP contribution in [0.2, 0.25) is 0 Å². The van der Waals surface area contributed by atoms with Crippen LogP contribution in [0.3, 0.4) is 0 Å². The standard InChI is InChI=1S/C23H20FNO3/c1-27-22-14-18(23(26)25-12-11-17-6-2-3-8-20(17)25)9-10-21(22)28-15-16-5-4-7-19(24)13-16/h2-10,13-14H,11-12,15H2,1H3. The zero-order valence-electron chi connectivity index (χ0n) is 15.5. The van der Waals surface area contributed by atoms with Crippen LogP contribution in [-0.2, 0) is 13.0 Å². The molecule has 1 aliphatic heterocycles. The molecule has 4 rings (SSSR count). The predicted octanol–water partition coefficient (Wildman–Crippen LogP) is 4.62. The van der Waals surface area contributed by atoms with Crippen molar-refractivity contribution in [2.45, 2.75) is 13.0 Å². The summed E-state index contributed by atoms with van der Waals surface area (Å²) in [5.74, 6) is 0.597. The summed E-state index contributed by atoms with van der Waals surface area (Å²) in [6, 6.07) is 19.3. The number of halogens is 1. The van der Waals surface area contributed by atoms with E-state index in [0.717, 1.165) is 17.7 Å². The van der Waals surface area contributed by atoms with Gasteiger partial charge < -0.3 is 14.4 Å². The Morgan fingerprint density at radius 3 is 2.71 bits per heavy atom. The van der Waals surface area contributed by atoms with Gasteiger partial charge in [0.05, 0.1) is 7.11 Å². The Hall–Kier alpha value is -3.34. The van der Waals surface area contributed by atoms with E-state index >= 15 is 0 Å². The largest absolute Gasteiger partial charge is 0.493 e. The van der Waals surface area contributed by atoms with Crippen LogP contribution in [-0.4, -0.2) is 19.6 Å². The summed E-state index contributed by atoms with van der Waals surface area (Å²) in [5.41, 5.74) is 3.39. The van der Waals surface area contributed by atoms with Crippen LogP contribution in [0, 0.1) is 5.82 Å². The highest BCUT2D eigenvalue weighted by Gasteiger charge is 2.25. The number of fused-ring (bicyclic) bond motifs is 1. The summed E-state index contributed by atoms with van der Waals surface area (Å²) < 4.78 is 24.5. The van der Waals surface area contributed by atoms with E-state index in [1.165, 1.54) is 24.8 Å². The lowest BCUT2D eigenvalue weighted by atomic mass is 10.1. The molecule has 5 heteroatoms. The van der Waals surface area contributed by atoms with Crippen molar-refractivity contribution in [2.75, 3.05) is 18.6 Å². The molecule has 0 saturated heterocycles. The molecule has 142 valence electrons. The topological polar surface area (TPSA) is 38.8 Å². The summed E-state index contributed by atoms with van der Waals surface area (Å²) in [7, 11) is 1.53. The molecular weight excluding hydrogens is 357 g/mol. The zero-order chi connectivity index (χ0) is 19.5. The fraction of sp³-hybridized carbons (Fsp3) is 0.174. The Bertz CT molecular complexity index is 1020. The summed E-state index contributed by atoms with van der Waals surface area (Å²) in [6.07, 6.45) is 0.855. The predicted molar refractivity (Wildman–Crippen MR) is 106 cm³/mol. The Labute approximate surface area is 163 Å². The maximum atomic E-state index is 13.3. The Kier molecular flexibility index (Phi) is 4.98. The van der Waals surface area contributed by atoms with Crippen molar-refractivity contribution in [1.29, 1.82) is 0 Å². The molecule has 1 heterocycles. The monoisotopic (exact) mass is 377 g/mol. The van der Waals surface area contributed by atoms with E-state index in [2.05, 4.69) is 0 Å². The smallest absolute Gasteiger partial charge is 0.258 e. The first kappa shape index (κ1) is 18.0. The summed E-state index contributed by atoms with van der Waals surface area (Å²) in [5, 5.41) is 0. The maximum Gasteiger partial charge on any atom is 0.258 e. The number of amides is 1. The first-order chi connectivity index (χ1) is 13.7. The van der Waals surface area contributed by atoms with Crippen molar-refractivity contribution in [2.24, 2.45) is 0 Å². The molecular formula is C23H20FNO3. The van der Waals surface area contributed by atoms with Gasteiger partial charge in [0.25, 0.3) is 5.91 Å². The number of hydrogen-bond acceptors (Lipinski definition) is 3. The van der Waals surface area contributed by atoms with Gasteiger partial charge in [0.1, 0.15) is 12.4 Å². The first-order valence-electron chi connectivity index (χ1n) is 9.11. The minimum Gasteiger partial charge on any atom is -0.493 e. The molecule has 0 spiro atoms. The normalized spacial score (nSPS) is 12.6. The van der Waals surface area contributed by atoms with Crippen molar-refractivity contribution < 1.29 is 18.7 Å². The minimum absolute atomic E-state index is 0.0695. The molecule has 3 aromatic rings. The van der Waals surface area contributed by atoms with E-state index in [1.54, 1.807) is 35.2 Å². The van der Waals surface area contributed by atoms with Gasteiger partial charge in [-0.05, 0) is 53.9 Å². The molecule has 4 nitrogen and oxygen atoms in total. The molecule has 3 aromatic carbocycles. The van der Waals surface area contributed by atoms with Crippen molar-refractivity contribution in [3.63, 3.8) is 0 Å². The molecule has 28 heavy (non-hydrogen) atoms. The van der Waals surface area contributed by atoms with E-state index < -0.39 is 0 Å². The van der Waals surface area contributed by atoms with Gasteiger partial charge >= 0.3 is 0 Å². The Morgan fingerprint density at radius 1 is 1.04 bits per heavy atom. The highest BCUT2D eigenvalue weighted by Crippen LogP contribution is 2.32. The second kappa shape index (κ2) is 7.72. The van der Waals surface area contributed by atoms with E-state index in [0.29, 0.717) is 23.6 Å². The van der Waals surface area contributed by atoms with Crippen molar-refractivity contribution in [1.82, 2.24) is 0 Å². The number of carbonyl (C=O) groups excluding carboxylic acids is 1. The van der Waals surface area contributed by atoms with Crippen LogP contribution in [0.25, 0.3) is 0 Å². The lowest BCUT2D eigenvalue weighted by molar-refractivity contribution is 0.0989. The highest BCUT2D eigenvalue weighted by molar-refractivity contribution is 6.07. The van der Waals surface area contributed by atoms with E-state index in [4.69, 9.17) is 9.47 Å². The molecule has 0 N–H and O–H groups in total. The van der Waals surface area contributed by atoms with Gasteiger partial charge in [-0.3, -0.25) is 4.79 Å². The number of ether oxygens (including phenoxy) is 2. The number of rotatable bonds is 5. The summed E-state index contributed by atoms with van der Waals surface area (Å²) in [6.45, 7) is 0.874. The molecule has 0 unspecified atom stereocenters. The van der Waals surface area contributed by atoms with Crippen LogP contribution < -0.4 is 14.4 Å². The summed E-state index contributed by atoms with van der Waals surface area (Å²) in [4.78, 5) is 14.8. The number of anilines is 1. The van der Waals surface area contributed by atoms with Crippen LogP contribution in [0.4, 0.5) is 10.1 Å². The number of hydrogen-bond donors (Lipinski definition) is 0. The van der Waals surface area contributed by atoms with Gasteiger partial charge in [0.15, 0.2) is 11.5 Å².